The average molecular weight is 398 g/mol. The number of hydrogen-bond donors (Lipinski definition) is 2. The molecule has 2 aromatic rings. The molecule has 4 rings (SSSR count). The Morgan fingerprint density at radius 1 is 1.00 bits per heavy atom. The molecule has 156 valence electrons. The highest BCUT2D eigenvalue weighted by molar-refractivity contribution is 5.48. The van der Waals surface area contributed by atoms with Crippen molar-refractivity contribution in [3.8, 4) is 0 Å². The highest BCUT2D eigenvalue weighted by Gasteiger charge is 2.29. The predicted octanol–water partition coefficient (Wildman–Crippen LogP) is 2.96. The smallest absolute Gasteiger partial charge is 0.225 e. The van der Waals surface area contributed by atoms with Gasteiger partial charge >= 0.3 is 0 Å². The second-order valence-electron chi connectivity index (χ2n) is 8.22. The van der Waals surface area contributed by atoms with E-state index in [1.54, 1.807) is 18.7 Å². The zero-order valence-electron chi connectivity index (χ0n) is 17.3. The van der Waals surface area contributed by atoms with Crippen LogP contribution in [0.2, 0.25) is 0 Å². The van der Waals surface area contributed by atoms with Crippen LogP contribution in [0, 0.1) is 5.92 Å². The fourth-order valence-electron chi connectivity index (χ4n) is 4.21. The van der Waals surface area contributed by atoms with E-state index >= 15 is 0 Å². The lowest BCUT2D eigenvalue weighted by atomic mass is 9.94. The molecule has 0 aromatic carbocycles. The van der Waals surface area contributed by atoms with Crippen molar-refractivity contribution in [3.05, 3.63) is 30.9 Å². The van der Waals surface area contributed by atoms with Crippen LogP contribution in [0.4, 0.5) is 17.6 Å². The van der Waals surface area contributed by atoms with E-state index in [4.69, 9.17) is 4.74 Å². The van der Waals surface area contributed by atoms with Crippen LogP contribution in [0.1, 0.15) is 39.5 Å². The lowest BCUT2D eigenvalue weighted by Gasteiger charge is -2.35. The number of rotatable bonds is 6. The van der Waals surface area contributed by atoms with Crippen LogP contribution in [-0.2, 0) is 4.74 Å². The fraction of sp³-hybridized carbons (Fsp3) is 0.619. The molecule has 0 spiro atoms. The van der Waals surface area contributed by atoms with Crippen molar-refractivity contribution >= 4 is 17.6 Å². The molecule has 0 bridgehead atoms. The molecule has 0 aliphatic carbocycles. The van der Waals surface area contributed by atoms with Crippen LogP contribution < -0.4 is 15.5 Å². The standard InChI is InChI=1S/C21H31N7O/c1-15(2)20-17(5-3-12-29-20)27-19-13-18(24-14-25-19)26-16-6-10-28(11-7-16)21-22-8-4-9-23-21/h4,8-9,13-17,20H,3,5-7,10-12H2,1-2H3,(H2,24,25,26,27)/t17-,20+/m1/s1. The minimum atomic E-state index is 0.222. The molecule has 0 unspecified atom stereocenters. The third-order valence-corrected chi connectivity index (χ3v) is 5.71. The molecule has 2 fully saturated rings. The zero-order chi connectivity index (χ0) is 20.1. The molecular weight excluding hydrogens is 366 g/mol. The molecule has 29 heavy (non-hydrogen) atoms. The van der Waals surface area contributed by atoms with Crippen molar-refractivity contribution < 1.29 is 4.74 Å². The molecule has 0 radical (unpaired) electrons. The van der Waals surface area contributed by atoms with Gasteiger partial charge in [-0.15, -0.1) is 0 Å². The van der Waals surface area contributed by atoms with Gasteiger partial charge in [-0.25, -0.2) is 19.9 Å². The fourth-order valence-corrected chi connectivity index (χ4v) is 4.21. The SMILES string of the molecule is CC(C)[C@@H]1OCCC[C@H]1Nc1cc(NC2CCN(c3ncccn3)CC2)ncn1. The summed E-state index contributed by atoms with van der Waals surface area (Å²) in [6, 6.07) is 4.54. The van der Waals surface area contributed by atoms with E-state index in [0.717, 1.165) is 63.0 Å². The van der Waals surface area contributed by atoms with Crippen molar-refractivity contribution in [2.45, 2.75) is 57.7 Å². The van der Waals surface area contributed by atoms with E-state index in [-0.39, 0.29) is 6.10 Å². The van der Waals surface area contributed by atoms with Gasteiger partial charge in [-0.1, -0.05) is 13.8 Å². The summed E-state index contributed by atoms with van der Waals surface area (Å²) in [5.74, 6) is 3.02. The molecule has 0 amide bonds. The first kappa shape index (κ1) is 19.8. The molecule has 2 atom stereocenters. The van der Waals surface area contributed by atoms with E-state index in [0.29, 0.717) is 18.0 Å². The van der Waals surface area contributed by atoms with E-state index in [1.807, 2.05) is 12.1 Å². The minimum Gasteiger partial charge on any atom is -0.376 e. The van der Waals surface area contributed by atoms with Gasteiger partial charge in [0, 0.05) is 44.2 Å². The average Bonchev–Trinajstić information content (AvgIpc) is 2.75. The van der Waals surface area contributed by atoms with Crippen LogP contribution in [0.3, 0.4) is 0 Å². The predicted molar refractivity (Wildman–Crippen MR) is 114 cm³/mol. The molecule has 8 nitrogen and oxygen atoms in total. The Labute approximate surface area is 172 Å². The number of aromatic nitrogens is 4. The van der Waals surface area contributed by atoms with Gasteiger partial charge in [0.25, 0.3) is 0 Å². The highest BCUT2D eigenvalue weighted by Crippen LogP contribution is 2.24. The number of anilines is 3. The lowest BCUT2D eigenvalue weighted by molar-refractivity contribution is -0.0203. The first-order valence-corrected chi connectivity index (χ1v) is 10.7. The van der Waals surface area contributed by atoms with Gasteiger partial charge in [-0.3, -0.25) is 0 Å². The Bertz CT molecular complexity index is 765. The quantitative estimate of drug-likeness (QED) is 0.769. The van der Waals surface area contributed by atoms with E-state index < -0.39 is 0 Å². The monoisotopic (exact) mass is 397 g/mol. The second kappa shape index (κ2) is 9.35. The number of piperidine rings is 1. The largest absolute Gasteiger partial charge is 0.376 e. The maximum atomic E-state index is 5.99. The molecule has 2 aliphatic heterocycles. The highest BCUT2D eigenvalue weighted by atomic mass is 16.5. The zero-order valence-corrected chi connectivity index (χ0v) is 17.3. The molecule has 4 heterocycles. The van der Waals surface area contributed by atoms with Crippen LogP contribution >= 0.6 is 0 Å². The Balaban J connectivity index is 1.32. The first-order chi connectivity index (χ1) is 14.2. The summed E-state index contributed by atoms with van der Waals surface area (Å²) >= 11 is 0. The van der Waals surface area contributed by atoms with Crippen LogP contribution in [0.5, 0.6) is 0 Å². The third kappa shape index (κ3) is 5.12. The molecule has 2 N–H and O–H groups in total. The number of nitrogens with zero attached hydrogens (tertiary/aromatic N) is 5. The van der Waals surface area contributed by atoms with Crippen LogP contribution in [-0.4, -0.2) is 57.8 Å². The van der Waals surface area contributed by atoms with Crippen molar-refractivity contribution in [3.63, 3.8) is 0 Å². The van der Waals surface area contributed by atoms with Crippen LogP contribution in [0.15, 0.2) is 30.9 Å². The summed E-state index contributed by atoms with van der Waals surface area (Å²) < 4.78 is 5.99. The second-order valence-corrected chi connectivity index (χ2v) is 8.22. The summed E-state index contributed by atoms with van der Waals surface area (Å²) in [7, 11) is 0. The summed E-state index contributed by atoms with van der Waals surface area (Å²) in [4.78, 5) is 19.8. The Morgan fingerprint density at radius 3 is 2.45 bits per heavy atom. The van der Waals surface area contributed by atoms with Gasteiger partial charge < -0.3 is 20.3 Å². The summed E-state index contributed by atoms with van der Waals surface area (Å²) in [6.45, 7) is 7.15. The summed E-state index contributed by atoms with van der Waals surface area (Å²) in [5, 5.41) is 7.15. The van der Waals surface area contributed by atoms with E-state index in [1.165, 1.54) is 0 Å². The number of hydrogen-bond acceptors (Lipinski definition) is 8. The first-order valence-electron chi connectivity index (χ1n) is 10.7. The molecule has 8 heteroatoms. The van der Waals surface area contributed by atoms with Gasteiger partial charge in [-0.2, -0.15) is 0 Å². The molecule has 2 aliphatic rings. The van der Waals surface area contributed by atoms with Crippen molar-refractivity contribution in [1.29, 1.82) is 0 Å². The lowest BCUT2D eigenvalue weighted by Crippen LogP contribution is -2.43. The minimum absolute atomic E-state index is 0.222. The summed E-state index contributed by atoms with van der Waals surface area (Å²) in [5.41, 5.74) is 0. The number of ether oxygens (including phenoxy) is 1. The molecular formula is C21H31N7O. The maximum absolute atomic E-state index is 5.99. The van der Waals surface area contributed by atoms with Crippen LogP contribution in [0.25, 0.3) is 0 Å². The van der Waals surface area contributed by atoms with Gasteiger partial charge in [0.2, 0.25) is 5.95 Å². The Hall–Kier alpha value is -2.48. The third-order valence-electron chi connectivity index (χ3n) is 5.71. The van der Waals surface area contributed by atoms with E-state index in [9.17, 15) is 0 Å². The van der Waals surface area contributed by atoms with Gasteiger partial charge in [-0.05, 0) is 37.7 Å². The summed E-state index contributed by atoms with van der Waals surface area (Å²) in [6.07, 6.45) is 9.68. The Morgan fingerprint density at radius 2 is 1.72 bits per heavy atom. The Kier molecular flexibility index (Phi) is 6.39. The van der Waals surface area contributed by atoms with Crippen molar-refractivity contribution in [2.24, 2.45) is 5.92 Å². The van der Waals surface area contributed by atoms with Gasteiger partial charge in [0.05, 0.1) is 12.1 Å². The van der Waals surface area contributed by atoms with Gasteiger partial charge in [0.15, 0.2) is 0 Å². The normalized spacial score (nSPS) is 23.2. The molecule has 0 saturated carbocycles. The van der Waals surface area contributed by atoms with E-state index in [2.05, 4.69) is 49.3 Å². The number of nitrogens with one attached hydrogen (secondary N) is 2. The topological polar surface area (TPSA) is 88.1 Å². The molecule has 2 saturated heterocycles. The van der Waals surface area contributed by atoms with Crippen molar-refractivity contribution in [2.75, 3.05) is 35.2 Å². The maximum Gasteiger partial charge on any atom is 0.225 e. The molecule has 2 aromatic heterocycles. The van der Waals surface area contributed by atoms with Gasteiger partial charge in [0.1, 0.15) is 18.0 Å². The van der Waals surface area contributed by atoms with Crippen molar-refractivity contribution in [1.82, 2.24) is 19.9 Å².